The molecule has 0 unspecified atom stereocenters. The van der Waals surface area contributed by atoms with Crippen molar-refractivity contribution < 1.29 is 9.59 Å². The van der Waals surface area contributed by atoms with E-state index in [-0.39, 0.29) is 11.8 Å². The maximum atomic E-state index is 12.2. The number of carbonyl (C=O) groups excluding carboxylic acids is 2. The van der Waals surface area contributed by atoms with Crippen LogP contribution in [0, 0.1) is 0 Å². The van der Waals surface area contributed by atoms with E-state index in [9.17, 15) is 9.59 Å². The standard InChI is InChI=1S/C30H38N4O2S/c1-9-19-21(11-3)29(33-25(19)13-23-15(5)17(7)27(35)31-23)37-30-22(12-4)20(10-2)26(34-30)14-24-16(6)18(8)28(36)32-24/h13-14,33-34H,9-12H2,1-8H3,(H,31,35)(H,32,36)/b23-13-,24-14+. The Morgan fingerprint density at radius 3 is 1.19 bits per heavy atom. The van der Waals surface area contributed by atoms with Gasteiger partial charge in [-0.3, -0.25) is 9.59 Å². The highest BCUT2D eigenvalue weighted by atomic mass is 32.2. The number of carbonyl (C=O) groups is 2. The first kappa shape index (κ1) is 26.9. The number of nitrogens with one attached hydrogen (secondary N) is 4. The summed E-state index contributed by atoms with van der Waals surface area (Å²) in [6.07, 6.45) is 7.80. The molecule has 196 valence electrons. The monoisotopic (exact) mass is 518 g/mol. The second kappa shape index (κ2) is 10.7. The summed E-state index contributed by atoms with van der Waals surface area (Å²) in [5, 5.41) is 8.28. The van der Waals surface area contributed by atoms with Gasteiger partial charge in [-0.25, -0.2) is 0 Å². The van der Waals surface area contributed by atoms with E-state index in [4.69, 9.17) is 0 Å². The first-order chi connectivity index (χ1) is 17.6. The molecule has 2 aromatic heterocycles. The highest BCUT2D eigenvalue weighted by Gasteiger charge is 2.25. The van der Waals surface area contributed by atoms with Gasteiger partial charge in [-0.2, -0.15) is 0 Å². The molecule has 2 amide bonds. The van der Waals surface area contributed by atoms with E-state index >= 15 is 0 Å². The summed E-state index contributed by atoms with van der Waals surface area (Å²) in [4.78, 5) is 31.7. The molecule has 0 atom stereocenters. The summed E-state index contributed by atoms with van der Waals surface area (Å²) in [7, 11) is 0. The molecule has 0 saturated heterocycles. The first-order valence-electron chi connectivity index (χ1n) is 13.2. The van der Waals surface area contributed by atoms with Gasteiger partial charge in [0, 0.05) is 33.9 Å². The van der Waals surface area contributed by atoms with Gasteiger partial charge < -0.3 is 20.6 Å². The van der Waals surface area contributed by atoms with Crippen molar-refractivity contribution in [2.75, 3.05) is 0 Å². The Kier molecular flexibility index (Phi) is 7.74. The van der Waals surface area contributed by atoms with E-state index in [1.54, 1.807) is 11.8 Å². The molecule has 2 aromatic rings. The molecule has 0 spiro atoms. The van der Waals surface area contributed by atoms with Crippen LogP contribution in [0.5, 0.6) is 0 Å². The summed E-state index contributed by atoms with van der Waals surface area (Å²) >= 11 is 1.74. The Morgan fingerprint density at radius 1 is 0.568 bits per heavy atom. The van der Waals surface area contributed by atoms with Crippen molar-refractivity contribution in [3.05, 3.63) is 67.3 Å². The zero-order chi connectivity index (χ0) is 27.0. The topological polar surface area (TPSA) is 89.8 Å². The van der Waals surface area contributed by atoms with Crippen LogP contribution in [-0.4, -0.2) is 21.8 Å². The number of H-pyrrole nitrogens is 2. The number of hydrogen-bond donors (Lipinski definition) is 4. The van der Waals surface area contributed by atoms with Gasteiger partial charge in [-0.05, 0) is 98.9 Å². The minimum atomic E-state index is -0.0230. The Balaban J connectivity index is 1.77. The Morgan fingerprint density at radius 2 is 0.919 bits per heavy atom. The van der Waals surface area contributed by atoms with Crippen molar-refractivity contribution in [3.63, 3.8) is 0 Å². The molecular formula is C30H38N4O2S. The molecule has 0 aliphatic carbocycles. The van der Waals surface area contributed by atoms with Crippen molar-refractivity contribution in [1.29, 1.82) is 0 Å². The van der Waals surface area contributed by atoms with Crippen LogP contribution in [0.3, 0.4) is 0 Å². The minimum absolute atomic E-state index is 0.0230. The van der Waals surface area contributed by atoms with Crippen LogP contribution in [0.1, 0.15) is 89.0 Å². The van der Waals surface area contributed by atoms with Crippen LogP contribution in [0.25, 0.3) is 12.2 Å². The molecular weight excluding hydrogens is 480 g/mol. The first-order valence-corrected chi connectivity index (χ1v) is 14.0. The average molecular weight is 519 g/mol. The van der Waals surface area contributed by atoms with Crippen LogP contribution in [0.2, 0.25) is 0 Å². The third-order valence-corrected chi connectivity index (χ3v) is 8.83. The molecule has 7 heteroatoms. The van der Waals surface area contributed by atoms with E-state index in [0.29, 0.717) is 0 Å². The van der Waals surface area contributed by atoms with Gasteiger partial charge in [-0.15, -0.1) is 0 Å². The fourth-order valence-corrected chi connectivity index (χ4v) is 6.47. The maximum Gasteiger partial charge on any atom is 0.251 e. The molecule has 0 saturated carbocycles. The number of hydrogen-bond acceptors (Lipinski definition) is 3. The highest BCUT2D eigenvalue weighted by molar-refractivity contribution is 7.99. The van der Waals surface area contributed by atoms with Gasteiger partial charge in [0.1, 0.15) is 0 Å². The second-order valence-electron chi connectivity index (χ2n) is 9.69. The number of allylic oxidation sites excluding steroid dienone is 2. The highest BCUT2D eigenvalue weighted by Crippen LogP contribution is 2.39. The summed E-state index contributed by atoms with van der Waals surface area (Å²) in [5.41, 5.74) is 12.6. The molecule has 4 heterocycles. The summed E-state index contributed by atoms with van der Waals surface area (Å²) in [5.74, 6) is -0.0461. The zero-order valence-electron chi connectivity index (χ0n) is 23.2. The lowest BCUT2D eigenvalue weighted by Crippen LogP contribution is -2.15. The molecule has 2 aliphatic rings. The van der Waals surface area contributed by atoms with E-state index in [2.05, 4.69) is 60.4 Å². The van der Waals surface area contributed by atoms with Gasteiger partial charge in [-0.1, -0.05) is 39.5 Å². The van der Waals surface area contributed by atoms with Crippen molar-refractivity contribution in [3.8, 4) is 0 Å². The smallest absolute Gasteiger partial charge is 0.251 e. The van der Waals surface area contributed by atoms with Crippen LogP contribution in [-0.2, 0) is 35.3 Å². The van der Waals surface area contributed by atoms with Gasteiger partial charge in [0.25, 0.3) is 11.8 Å². The molecule has 0 aromatic carbocycles. The molecule has 6 nitrogen and oxygen atoms in total. The summed E-state index contributed by atoms with van der Waals surface area (Å²) < 4.78 is 0. The van der Waals surface area contributed by atoms with Crippen molar-refractivity contribution >= 4 is 35.7 Å². The third kappa shape index (κ3) is 4.77. The van der Waals surface area contributed by atoms with Crippen LogP contribution >= 0.6 is 11.8 Å². The van der Waals surface area contributed by atoms with Crippen molar-refractivity contribution in [1.82, 2.24) is 20.6 Å². The largest absolute Gasteiger partial charge is 0.349 e. The van der Waals surface area contributed by atoms with Gasteiger partial charge in [0.05, 0.1) is 10.1 Å². The molecule has 0 bridgehead atoms. The molecule has 4 rings (SSSR count). The number of rotatable bonds is 8. The number of aromatic nitrogens is 2. The van der Waals surface area contributed by atoms with Gasteiger partial charge >= 0.3 is 0 Å². The number of amides is 2. The van der Waals surface area contributed by atoms with E-state index in [1.165, 1.54) is 22.3 Å². The van der Waals surface area contributed by atoms with Gasteiger partial charge in [0.2, 0.25) is 0 Å². The predicted molar refractivity (Wildman–Crippen MR) is 152 cm³/mol. The van der Waals surface area contributed by atoms with Gasteiger partial charge in [0.15, 0.2) is 0 Å². The Bertz CT molecular complexity index is 1310. The average Bonchev–Trinajstić information content (AvgIpc) is 3.54. The fraction of sp³-hybridized carbons (Fsp3) is 0.400. The van der Waals surface area contributed by atoms with E-state index in [0.717, 1.165) is 80.8 Å². The normalized spacial score (nSPS) is 18.2. The molecule has 37 heavy (non-hydrogen) atoms. The quantitative estimate of drug-likeness (QED) is 0.328. The molecule has 4 N–H and O–H groups in total. The summed E-state index contributed by atoms with van der Waals surface area (Å²) in [6.45, 7) is 16.5. The van der Waals surface area contributed by atoms with Crippen LogP contribution in [0.4, 0.5) is 0 Å². The molecule has 0 radical (unpaired) electrons. The van der Waals surface area contributed by atoms with E-state index < -0.39 is 0 Å². The van der Waals surface area contributed by atoms with E-state index in [1.807, 2.05) is 27.7 Å². The second-order valence-corrected chi connectivity index (χ2v) is 10.7. The predicted octanol–water partition coefficient (Wildman–Crippen LogP) is 6.36. The lowest BCUT2D eigenvalue weighted by atomic mass is 10.0. The minimum Gasteiger partial charge on any atom is -0.349 e. The SMILES string of the molecule is CCc1c(/C=C2\NC(=O)C(C)=C2C)[nH]c(Sc2[nH]c(/C=C3/NC(=O)C(C)=C3C)c(CC)c2CC)c1CC. The fourth-order valence-electron chi connectivity index (χ4n) is 5.17. The Hall–Kier alpha value is -3.19. The number of aromatic amines is 2. The Labute approximate surface area is 224 Å². The lowest BCUT2D eigenvalue weighted by Gasteiger charge is -2.05. The van der Waals surface area contributed by atoms with Crippen LogP contribution in [0.15, 0.2) is 43.7 Å². The van der Waals surface area contributed by atoms with Crippen molar-refractivity contribution in [2.45, 2.75) is 91.1 Å². The third-order valence-electron chi connectivity index (χ3n) is 7.73. The van der Waals surface area contributed by atoms with Crippen molar-refractivity contribution in [2.24, 2.45) is 0 Å². The molecule has 2 aliphatic heterocycles. The summed E-state index contributed by atoms with van der Waals surface area (Å²) in [6, 6.07) is 0. The maximum absolute atomic E-state index is 12.2. The lowest BCUT2D eigenvalue weighted by molar-refractivity contribution is -0.117. The molecule has 0 fully saturated rings. The zero-order valence-corrected chi connectivity index (χ0v) is 24.0. The van der Waals surface area contributed by atoms with Crippen LogP contribution < -0.4 is 10.6 Å².